The summed E-state index contributed by atoms with van der Waals surface area (Å²) in [5, 5.41) is 11.9. The number of hydrogen-bond donors (Lipinski definition) is 2. The second-order valence-electron chi connectivity index (χ2n) is 4.75. The molecule has 2 N–H and O–H groups in total. The van der Waals surface area contributed by atoms with Crippen LogP contribution in [0.25, 0.3) is 0 Å². The van der Waals surface area contributed by atoms with E-state index < -0.39 is 22.2 Å². The molecule has 104 valence electrons. The molecule has 1 saturated carbocycles. The van der Waals surface area contributed by atoms with Crippen LogP contribution in [-0.2, 0) is 20.4 Å². The zero-order chi connectivity index (χ0) is 13.6. The Morgan fingerprint density at radius 3 is 2.44 bits per heavy atom. The van der Waals surface area contributed by atoms with E-state index in [0.717, 1.165) is 12.8 Å². The van der Waals surface area contributed by atoms with Crippen LogP contribution in [0.4, 0.5) is 0 Å². The zero-order valence-corrected chi connectivity index (χ0v) is 11.6. The smallest absolute Gasteiger partial charge is 0.310 e. The van der Waals surface area contributed by atoms with Gasteiger partial charge < -0.3 is 10.4 Å². The van der Waals surface area contributed by atoms with Crippen molar-refractivity contribution in [2.75, 3.05) is 18.1 Å². The first-order chi connectivity index (χ1) is 8.50. The van der Waals surface area contributed by atoms with Crippen LogP contribution in [-0.4, -0.2) is 39.2 Å². The molecule has 0 spiro atoms. The summed E-state index contributed by atoms with van der Waals surface area (Å²) in [6.07, 6.45) is 2.95. The number of carbonyl (C=O) groups is 2. The highest BCUT2D eigenvalue weighted by Crippen LogP contribution is 2.41. The minimum Gasteiger partial charge on any atom is -0.481 e. The van der Waals surface area contributed by atoms with E-state index in [4.69, 9.17) is 0 Å². The van der Waals surface area contributed by atoms with Crippen LogP contribution in [0.5, 0.6) is 0 Å². The molecule has 0 radical (unpaired) electrons. The first-order valence-corrected chi connectivity index (χ1v) is 7.84. The van der Waals surface area contributed by atoms with Crippen molar-refractivity contribution in [3.05, 3.63) is 0 Å². The molecule has 1 rings (SSSR count). The highest BCUT2D eigenvalue weighted by Gasteiger charge is 2.42. The summed E-state index contributed by atoms with van der Waals surface area (Å²) in [5.74, 6) is -0.100. The summed E-state index contributed by atoms with van der Waals surface area (Å²) in [5.41, 5.74) is -0.867. The predicted molar refractivity (Wildman–Crippen MR) is 69.7 cm³/mol. The molecule has 1 amide bonds. The highest BCUT2D eigenvalue weighted by atomic mass is 32.2. The standard InChI is InChI=1S/C12H21NO4S/c1-2-18(17)8-7-13-10(14)9-12(11(15)16)5-3-4-6-12/h2-9H2,1H3,(H,13,14)(H,15,16). The van der Waals surface area contributed by atoms with Gasteiger partial charge in [0.15, 0.2) is 0 Å². The van der Waals surface area contributed by atoms with Crippen LogP contribution in [0.15, 0.2) is 0 Å². The third kappa shape index (κ3) is 4.08. The molecule has 6 heteroatoms. The lowest BCUT2D eigenvalue weighted by Gasteiger charge is -2.22. The van der Waals surface area contributed by atoms with Gasteiger partial charge in [-0.2, -0.15) is 0 Å². The lowest BCUT2D eigenvalue weighted by Crippen LogP contribution is -2.37. The molecule has 0 aromatic heterocycles. The largest absolute Gasteiger partial charge is 0.481 e. The monoisotopic (exact) mass is 275 g/mol. The van der Waals surface area contributed by atoms with Gasteiger partial charge in [0.25, 0.3) is 0 Å². The minimum atomic E-state index is -0.898. The van der Waals surface area contributed by atoms with Crippen molar-refractivity contribution in [1.29, 1.82) is 0 Å². The fraction of sp³-hybridized carbons (Fsp3) is 0.833. The number of rotatable bonds is 7. The number of carboxylic acid groups (broad SMARTS) is 1. The highest BCUT2D eigenvalue weighted by molar-refractivity contribution is 7.84. The average molecular weight is 275 g/mol. The van der Waals surface area contributed by atoms with Crippen LogP contribution in [0.3, 0.4) is 0 Å². The summed E-state index contributed by atoms with van der Waals surface area (Å²) < 4.78 is 11.2. The lowest BCUT2D eigenvalue weighted by molar-refractivity contribution is -0.151. The Kier molecular flexibility index (Phi) is 5.78. The molecule has 0 saturated heterocycles. The quantitative estimate of drug-likeness (QED) is 0.723. The van der Waals surface area contributed by atoms with Gasteiger partial charge in [0.2, 0.25) is 5.91 Å². The molecule has 0 heterocycles. The molecule has 1 fully saturated rings. The van der Waals surface area contributed by atoms with Gasteiger partial charge in [0.1, 0.15) is 0 Å². The maximum atomic E-state index is 11.7. The average Bonchev–Trinajstić information content (AvgIpc) is 2.78. The second kappa shape index (κ2) is 6.87. The summed E-state index contributed by atoms with van der Waals surface area (Å²) in [6, 6.07) is 0. The van der Waals surface area contributed by atoms with Crippen molar-refractivity contribution in [2.45, 2.75) is 39.0 Å². The van der Waals surface area contributed by atoms with Crippen molar-refractivity contribution in [2.24, 2.45) is 5.41 Å². The number of amides is 1. The fourth-order valence-electron chi connectivity index (χ4n) is 2.34. The van der Waals surface area contributed by atoms with Gasteiger partial charge in [0, 0.05) is 35.3 Å². The Morgan fingerprint density at radius 1 is 1.33 bits per heavy atom. The van der Waals surface area contributed by atoms with Crippen molar-refractivity contribution < 1.29 is 18.9 Å². The summed E-state index contributed by atoms with van der Waals surface area (Å²) >= 11 is 0. The summed E-state index contributed by atoms with van der Waals surface area (Å²) in [7, 11) is -0.898. The van der Waals surface area contributed by atoms with Crippen LogP contribution in [0.2, 0.25) is 0 Å². The van der Waals surface area contributed by atoms with Crippen molar-refractivity contribution in [3.63, 3.8) is 0 Å². The van der Waals surface area contributed by atoms with Crippen molar-refractivity contribution in [1.82, 2.24) is 5.32 Å². The van der Waals surface area contributed by atoms with Gasteiger partial charge in [-0.1, -0.05) is 19.8 Å². The van der Waals surface area contributed by atoms with Crippen LogP contribution in [0, 0.1) is 5.41 Å². The fourth-order valence-corrected chi connectivity index (χ4v) is 2.95. The number of carbonyl (C=O) groups excluding carboxylic acids is 1. The van der Waals surface area contributed by atoms with Gasteiger partial charge in [0.05, 0.1) is 5.41 Å². The van der Waals surface area contributed by atoms with E-state index in [2.05, 4.69) is 5.32 Å². The molecule has 1 aliphatic carbocycles. The van der Waals surface area contributed by atoms with Gasteiger partial charge >= 0.3 is 5.97 Å². The van der Waals surface area contributed by atoms with E-state index in [-0.39, 0.29) is 12.3 Å². The Hall–Kier alpha value is -0.910. The SMILES string of the molecule is CCS(=O)CCNC(=O)CC1(C(=O)O)CCCC1. The zero-order valence-electron chi connectivity index (χ0n) is 10.7. The molecule has 18 heavy (non-hydrogen) atoms. The van der Waals surface area contributed by atoms with E-state index in [1.54, 1.807) is 0 Å². The van der Waals surface area contributed by atoms with Gasteiger partial charge in [-0.25, -0.2) is 0 Å². The van der Waals surface area contributed by atoms with E-state index >= 15 is 0 Å². The third-order valence-electron chi connectivity index (χ3n) is 3.49. The molecule has 5 nitrogen and oxygen atoms in total. The molecule has 0 aromatic carbocycles. The summed E-state index contributed by atoms with van der Waals surface area (Å²) in [4.78, 5) is 23.0. The Bertz CT molecular complexity index is 337. The first kappa shape index (κ1) is 15.1. The molecule has 0 aliphatic heterocycles. The normalized spacial score (nSPS) is 19.4. The number of hydrogen-bond acceptors (Lipinski definition) is 3. The molecule has 1 atom stereocenters. The maximum absolute atomic E-state index is 11.7. The van der Waals surface area contributed by atoms with Crippen LogP contribution < -0.4 is 5.32 Å². The Labute approximate surface area is 110 Å². The van der Waals surface area contributed by atoms with Gasteiger partial charge in [-0.05, 0) is 12.8 Å². The van der Waals surface area contributed by atoms with Crippen molar-refractivity contribution >= 4 is 22.7 Å². The predicted octanol–water partition coefficient (Wildman–Crippen LogP) is 0.906. The Balaban J connectivity index is 2.38. The minimum absolute atomic E-state index is 0.0428. The number of aliphatic carboxylic acids is 1. The first-order valence-electron chi connectivity index (χ1n) is 6.35. The lowest BCUT2D eigenvalue weighted by atomic mass is 9.82. The third-order valence-corrected chi connectivity index (χ3v) is 4.79. The van der Waals surface area contributed by atoms with E-state index in [1.165, 1.54) is 0 Å². The molecular formula is C12H21NO4S. The molecule has 1 unspecified atom stereocenters. The topological polar surface area (TPSA) is 83.5 Å². The van der Waals surface area contributed by atoms with Gasteiger partial charge in [-0.15, -0.1) is 0 Å². The van der Waals surface area contributed by atoms with Crippen LogP contribution >= 0.6 is 0 Å². The molecule has 0 aromatic rings. The molecule has 1 aliphatic rings. The molecule has 0 bridgehead atoms. The van der Waals surface area contributed by atoms with Crippen LogP contribution in [0.1, 0.15) is 39.0 Å². The second-order valence-corrected chi connectivity index (χ2v) is 6.62. The van der Waals surface area contributed by atoms with Gasteiger partial charge in [-0.3, -0.25) is 13.8 Å². The van der Waals surface area contributed by atoms with Crippen molar-refractivity contribution in [3.8, 4) is 0 Å². The van der Waals surface area contributed by atoms with E-state index in [9.17, 15) is 18.9 Å². The molecular weight excluding hydrogens is 254 g/mol. The summed E-state index contributed by atoms with van der Waals surface area (Å²) in [6.45, 7) is 2.19. The number of carboxylic acids is 1. The van der Waals surface area contributed by atoms with E-state index in [1.807, 2.05) is 6.92 Å². The maximum Gasteiger partial charge on any atom is 0.310 e. The number of nitrogens with one attached hydrogen (secondary N) is 1. The van der Waals surface area contributed by atoms with E-state index in [0.29, 0.717) is 30.9 Å². The Morgan fingerprint density at radius 2 is 1.94 bits per heavy atom.